The number of benzene rings is 1. The first-order valence-corrected chi connectivity index (χ1v) is 6.33. The van der Waals surface area contributed by atoms with Crippen molar-refractivity contribution in [2.45, 2.75) is 6.61 Å². The third-order valence-corrected chi connectivity index (χ3v) is 3.36. The summed E-state index contributed by atoms with van der Waals surface area (Å²) >= 11 is 0. The van der Waals surface area contributed by atoms with Gasteiger partial charge in [-0.1, -0.05) is 0 Å². The molecule has 0 saturated carbocycles. The lowest BCUT2D eigenvalue weighted by Crippen LogP contribution is -2.43. The van der Waals surface area contributed by atoms with Crippen LogP contribution in [0.4, 0.5) is 5.69 Å². The number of nitrogens with zero attached hydrogens (tertiary/aromatic N) is 1. The molecule has 2 heterocycles. The first-order chi connectivity index (χ1) is 8.88. The Kier molecular flexibility index (Phi) is 3.21. The summed E-state index contributed by atoms with van der Waals surface area (Å²) in [6.45, 7) is 4.73. The van der Waals surface area contributed by atoms with Gasteiger partial charge >= 0.3 is 0 Å². The number of anilines is 1. The fourth-order valence-corrected chi connectivity index (χ4v) is 2.51. The van der Waals surface area contributed by atoms with Gasteiger partial charge in [0, 0.05) is 38.7 Å². The zero-order valence-corrected chi connectivity index (χ0v) is 10.6. The molecule has 4 heteroatoms. The molecule has 1 aliphatic heterocycles. The minimum Gasteiger partial charge on any atom is -0.462 e. The van der Waals surface area contributed by atoms with Gasteiger partial charge in [-0.25, -0.2) is 0 Å². The highest BCUT2D eigenvalue weighted by atomic mass is 16.5. The van der Waals surface area contributed by atoms with Crippen molar-refractivity contribution in [1.82, 2.24) is 5.32 Å². The van der Waals surface area contributed by atoms with Crippen molar-refractivity contribution in [2.24, 2.45) is 0 Å². The molecule has 0 aliphatic carbocycles. The fraction of sp³-hybridized carbons (Fsp3) is 0.429. The molecule has 1 aliphatic rings. The smallest absolute Gasteiger partial charge is 0.157 e. The number of nitrogens with one attached hydrogen (secondary N) is 1. The van der Waals surface area contributed by atoms with Crippen molar-refractivity contribution < 1.29 is 9.15 Å². The average Bonchev–Trinajstić information content (AvgIpc) is 2.87. The second-order valence-corrected chi connectivity index (χ2v) is 4.62. The maximum atomic E-state index is 5.63. The number of piperazine rings is 1. The minimum absolute atomic E-state index is 0.639. The normalized spacial score (nSPS) is 16.4. The second kappa shape index (κ2) is 5.00. The van der Waals surface area contributed by atoms with E-state index in [1.165, 1.54) is 11.3 Å². The Hall–Kier alpha value is -1.52. The van der Waals surface area contributed by atoms with Crippen LogP contribution in [0.1, 0.15) is 5.56 Å². The lowest BCUT2D eigenvalue weighted by atomic mass is 10.1. The van der Waals surface area contributed by atoms with Gasteiger partial charge in [0.25, 0.3) is 0 Å². The molecular weight excluding hydrogens is 228 g/mol. The minimum atomic E-state index is 0.639. The van der Waals surface area contributed by atoms with Crippen molar-refractivity contribution >= 4 is 16.7 Å². The van der Waals surface area contributed by atoms with Gasteiger partial charge < -0.3 is 19.4 Å². The molecule has 0 spiro atoms. The third-order valence-electron chi connectivity index (χ3n) is 3.36. The third kappa shape index (κ3) is 2.09. The van der Waals surface area contributed by atoms with E-state index in [-0.39, 0.29) is 0 Å². The van der Waals surface area contributed by atoms with Gasteiger partial charge in [-0.3, -0.25) is 0 Å². The molecule has 1 saturated heterocycles. The Bertz CT molecular complexity index is 530. The molecule has 0 unspecified atom stereocenters. The molecule has 1 N–H and O–H groups in total. The van der Waals surface area contributed by atoms with E-state index in [0.29, 0.717) is 6.61 Å². The second-order valence-electron chi connectivity index (χ2n) is 4.62. The SMILES string of the molecule is COCc1cc(N2CCNCC2)c2occc2c1. The summed E-state index contributed by atoms with van der Waals surface area (Å²) < 4.78 is 10.9. The van der Waals surface area contributed by atoms with Gasteiger partial charge in [0.15, 0.2) is 5.58 Å². The highest BCUT2D eigenvalue weighted by molar-refractivity contribution is 5.90. The van der Waals surface area contributed by atoms with E-state index in [0.717, 1.165) is 37.1 Å². The van der Waals surface area contributed by atoms with Crippen LogP contribution in [0.3, 0.4) is 0 Å². The summed E-state index contributed by atoms with van der Waals surface area (Å²) in [4.78, 5) is 2.38. The summed E-state index contributed by atoms with van der Waals surface area (Å²) in [6, 6.07) is 6.33. The molecule has 4 nitrogen and oxygen atoms in total. The van der Waals surface area contributed by atoms with E-state index < -0.39 is 0 Å². The fourth-order valence-electron chi connectivity index (χ4n) is 2.51. The van der Waals surface area contributed by atoms with Gasteiger partial charge in [-0.15, -0.1) is 0 Å². The zero-order chi connectivity index (χ0) is 12.4. The standard InChI is InChI=1S/C14H18N2O2/c1-17-10-11-8-12-2-7-18-14(12)13(9-11)16-5-3-15-4-6-16/h2,7-9,15H,3-6,10H2,1H3. The lowest BCUT2D eigenvalue weighted by molar-refractivity contribution is 0.185. The van der Waals surface area contributed by atoms with Crippen LogP contribution in [0.2, 0.25) is 0 Å². The van der Waals surface area contributed by atoms with E-state index in [1.54, 1.807) is 13.4 Å². The molecule has 18 heavy (non-hydrogen) atoms. The molecule has 0 radical (unpaired) electrons. The summed E-state index contributed by atoms with van der Waals surface area (Å²) in [5, 5.41) is 4.52. The maximum Gasteiger partial charge on any atom is 0.157 e. The molecule has 0 bridgehead atoms. The molecule has 1 aromatic carbocycles. The zero-order valence-electron chi connectivity index (χ0n) is 10.6. The number of rotatable bonds is 3. The number of methoxy groups -OCH3 is 1. The van der Waals surface area contributed by atoms with Crippen LogP contribution in [0.25, 0.3) is 11.0 Å². The number of hydrogen-bond donors (Lipinski definition) is 1. The van der Waals surface area contributed by atoms with E-state index in [9.17, 15) is 0 Å². The molecule has 2 aromatic rings. The van der Waals surface area contributed by atoms with Crippen LogP contribution in [-0.4, -0.2) is 33.3 Å². The first-order valence-electron chi connectivity index (χ1n) is 6.33. The molecule has 3 rings (SSSR count). The summed E-state index contributed by atoms with van der Waals surface area (Å²) in [5.41, 5.74) is 3.36. The van der Waals surface area contributed by atoms with Gasteiger partial charge in [0.2, 0.25) is 0 Å². The number of ether oxygens (including phenoxy) is 1. The monoisotopic (exact) mass is 246 g/mol. The predicted molar refractivity (Wildman–Crippen MR) is 72.0 cm³/mol. The summed E-state index contributed by atoms with van der Waals surface area (Å²) in [5.74, 6) is 0. The lowest BCUT2D eigenvalue weighted by Gasteiger charge is -2.29. The van der Waals surface area contributed by atoms with Crippen LogP contribution in [0.15, 0.2) is 28.9 Å². The van der Waals surface area contributed by atoms with Gasteiger partial charge in [0.05, 0.1) is 18.6 Å². The Morgan fingerprint density at radius 2 is 2.17 bits per heavy atom. The van der Waals surface area contributed by atoms with E-state index in [2.05, 4.69) is 22.3 Å². The molecule has 0 atom stereocenters. The Balaban J connectivity index is 2.03. The Morgan fingerprint density at radius 1 is 1.33 bits per heavy atom. The summed E-state index contributed by atoms with van der Waals surface area (Å²) in [6.07, 6.45) is 1.76. The Morgan fingerprint density at radius 3 is 2.94 bits per heavy atom. The average molecular weight is 246 g/mol. The molecule has 0 amide bonds. The van der Waals surface area contributed by atoms with Gasteiger partial charge in [0.1, 0.15) is 0 Å². The molecule has 1 aromatic heterocycles. The topological polar surface area (TPSA) is 37.6 Å². The van der Waals surface area contributed by atoms with E-state index >= 15 is 0 Å². The number of hydrogen-bond acceptors (Lipinski definition) is 4. The largest absolute Gasteiger partial charge is 0.462 e. The van der Waals surface area contributed by atoms with E-state index in [1.807, 2.05) is 6.07 Å². The molecule has 1 fully saturated rings. The van der Waals surface area contributed by atoms with Crippen LogP contribution >= 0.6 is 0 Å². The Labute approximate surface area is 107 Å². The molecular formula is C14H18N2O2. The predicted octanol–water partition coefficient (Wildman–Crippen LogP) is 1.99. The van der Waals surface area contributed by atoms with Crippen molar-refractivity contribution in [3.63, 3.8) is 0 Å². The maximum absolute atomic E-state index is 5.63. The van der Waals surface area contributed by atoms with Crippen molar-refractivity contribution in [3.05, 3.63) is 30.0 Å². The van der Waals surface area contributed by atoms with Gasteiger partial charge in [-0.2, -0.15) is 0 Å². The van der Waals surface area contributed by atoms with Crippen molar-refractivity contribution in [2.75, 3.05) is 38.2 Å². The van der Waals surface area contributed by atoms with Crippen LogP contribution in [0.5, 0.6) is 0 Å². The van der Waals surface area contributed by atoms with Crippen LogP contribution in [-0.2, 0) is 11.3 Å². The molecule has 96 valence electrons. The van der Waals surface area contributed by atoms with Crippen molar-refractivity contribution in [1.29, 1.82) is 0 Å². The number of fused-ring (bicyclic) bond motifs is 1. The highest BCUT2D eigenvalue weighted by Gasteiger charge is 2.16. The first kappa shape index (κ1) is 11.6. The quantitative estimate of drug-likeness (QED) is 0.898. The van der Waals surface area contributed by atoms with Gasteiger partial charge in [-0.05, 0) is 23.8 Å². The number of furan rings is 1. The summed E-state index contributed by atoms with van der Waals surface area (Å²) in [7, 11) is 1.73. The van der Waals surface area contributed by atoms with Crippen LogP contribution < -0.4 is 10.2 Å². The highest BCUT2D eigenvalue weighted by Crippen LogP contribution is 2.30. The van der Waals surface area contributed by atoms with E-state index in [4.69, 9.17) is 9.15 Å². The van der Waals surface area contributed by atoms with Crippen LogP contribution in [0, 0.1) is 0 Å². The van der Waals surface area contributed by atoms with Crippen molar-refractivity contribution in [3.8, 4) is 0 Å².